The summed E-state index contributed by atoms with van der Waals surface area (Å²) in [6, 6.07) is 3.54. The molecule has 0 aliphatic carbocycles. The lowest BCUT2D eigenvalue weighted by Gasteiger charge is -2.10. The molecule has 0 aliphatic rings. The second-order valence-electron chi connectivity index (χ2n) is 3.86. The quantitative estimate of drug-likeness (QED) is 0.732. The number of aromatic nitrogens is 1. The number of carbonyl (C=O) groups is 1. The molecule has 0 unspecified atom stereocenters. The Labute approximate surface area is 102 Å². The molecule has 1 amide bonds. The van der Waals surface area contributed by atoms with Gasteiger partial charge in [0.2, 0.25) is 0 Å². The summed E-state index contributed by atoms with van der Waals surface area (Å²) in [7, 11) is 1.58. The van der Waals surface area contributed by atoms with Gasteiger partial charge in [-0.05, 0) is 26.0 Å². The van der Waals surface area contributed by atoms with Crippen molar-refractivity contribution in [1.82, 2.24) is 10.3 Å². The minimum Gasteiger partial charge on any atom is -0.383 e. The van der Waals surface area contributed by atoms with Gasteiger partial charge < -0.3 is 15.4 Å². The Kier molecular flexibility index (Phi) is 5.42. The fourth-order valence-electron chi connectivity index (χ4n) is 1.28. The summed E-state index contributed by atoms with van der Waals surface area (Å²) in [5.41, 5.74) is 1.27. The van der Waals surface area contributed by atoms with Crippen molar-refractivity contribution in [1.29, 1.82) is 0 Å². The molecular formula is C12H19N3O2. The molecule has 0 saturated carbocycles. The Morgan fingerprint density at radius 2 is 2.29 bits per heavy atom. The van der Waals surface area contributed by atoms with Crippen molar-refractivity contribution in [3.8, 4) is 0 Å². The highest BCUT2D eigenvalue weighted by molar-refractivity contribution is 5.92. The molecule has 0 atom stereocenters. The number of carbonyl (C=O) groups excluding carboxylic acids is 1. The van der Waals surface area contributed by atoms with Crippen molar-refractivity contribution in [2.45, 2.75) is 20.0 Å². The van der Waals surface area contributed by atoms with Gasteiger partial charge in [0.25, 0.3) is 5.91 Å². The van der Waals surface area contributed by atoms with Gasteiger partial charge in [0, 0.05) is 25.5 Å². The topological polar surface area (TPSA) is 63.2 Å². The van der Waals surface area contributed by atoms with Crippen molar-refractivity contribution < 1.29 is 9.53 Å². The third-order valence-electron chi connectivity index (χ3n) is 2.10. The monoisotopic (exact) mass is 237 g/mol. The van der Waals surface area contributed by atoms with Crippen LogP contribution in [0.1, 0.15) is 24.3 Å². The third-order valence-corrected chi connectivity index (χ3v) is 2.10. The van der Waals surface area contributed by atoms with Crippen molar-refractivity contribution in [2.24, 2.45) is 0 Å². The van der Waals surface area contributed by atoms with Crippen LogP contribution in [0.4, 0.5) is 5.69 Å². The maximum atomic E-state index is 11.4. The standard InChI is InChI=1S/C12H19N3O2/c1-9(2)17-7-6-14-10-4-5-15-11(8-10)12(16)13-3/h4-5,8-9H,6-7H2,1-3H3,(H,13,16)(H,14,15). The number of amides is 1. The molecule has 0 saturated heterocycles. The number of nitrogens with one attached hydrogen (secondary N) is 2. The third kappa shape index (κ3) is 4.82. The zero-order chi connectivity index (χ0) is 12.7. The van der Waals surface area contributed by atoms with Crippen LogP contribution in [0.25, 0.3) is 0 Å². The minimum atomic E-state index is -0.188. The molecule has 1 aromatic rings. The predicted octanol–water partition coefficient (Wildman–Crippen LogP) is 1.28. The largest absolute Gasteiger partial charge is 0.383 e. The van der Waals surface area contributed by atoms with E-state index < -0.39 is 0 Å². The number of hydrogen-bond acceptors (Lipinski definition) is 4. The molecule has 1 rings (SSSR count). The van der Waals surface area contributed by atoms with E-state index in [9.17, 15) is 4.79 Å². The van der Waals surface area contributed by atoms with Gasteiger partial charge in [-0.2, -0.15) is 0 Å². The van der Waals surface area contributed by atoms with Crippen LogP contribution in [0.5, 0.6) is 0 Å². The van der Waals surface area contributed by atoms with Gasteiger partial charge in [0.1, 0.15) is 5.69 Å². The molecule has 5 heteroatoms. The van der Waals surface area contributed by atoms with Crippen LogP contribution in [-0.4, -0.2) is 37.2 Å². The molecular weight excluding hydrogens is 218 g/mol. The fourth-order valence-corrected chi connectivity index (χ4v) is 1.28. The maximum Gasteiger partial charge on any atom is 0.269 e. The number of pyridine rings is 1. The molecule has 0 fully saturated rings. The van der Waals surface area contributed by atoms with Gasteiger partial charge in [0.15, 0.2) is 0 Å². The van der Waals surface area contributed by atoms with Crippen LogP contribution in [0, 0.1) is 0 Å². The highest BCUT2D eigenvalue weighted by Crippen LogP contribution is 2.07. The first-order valence-electron chi connectivity index (χ1n) is 5.67. The van der Waals surface area contributed by atoms with Crippen molar-refractivity contribution >= 4 is 11.6 Å². The summed E-state index contributed by atoms with van der Waals surface area (Å²) >= 11 is 0. The number of nitrogens with zero attached hydrogens (tertiary/aromatic N) is 1. The van der Waals surface area contributed by atoms with Crippen LogP contribution in [0.3, 0.4) is 0 Å². The van der Waals surface area contributed by atoms with Gasteiger partial charge in [-0.3, -0.25) is 9.78 Å². The van der Waals surface area contributed by atoms with E-state index in [0.29, 0.717) is 18.8 Å². The number of anilines is 1. The molecule has 5 nitrogen and oxygen atoms in total. The number of ether oxygens (including phenoxy) is 1. The van der Waals surface area contributed by atoms with E-state index in [1.54, 1.807) is 19.3 Å². The van der Waals surface area contributed by atoms with E-state index in [0.717, 1.165) is 5.69 Å². The lowest BCUT2D eigenvalue weighted by atomic mass is 10.3. The number of hydrogen-bond donors (Lipinski definition) is 2. The summed E-state index contributed by atoms with van der Waals surface area (Å²) < 4.78 is 5.41. The van der Waals surface area contributed by atoms with Crippen LogP contribution in [0.15, 0.2) is 18.3 Å². The Hall–Kier alpha value is -1.62. The second kappa shape index (κ2) is 6.85. The first-order valence-corrected chi connectivity index (χ1v) is 5.67. The Bertz CT molecular complexity index is 367. The zero-order valence-electron chi connectivity index (χ0n) is 10.5. The average molecular weight is 237 g/mol. The van der Waals surface area contributed by atoms with Crippen LogP contribution in [0.2, 0.25) is 0 Å². The maximum absolute atomic E-state index is 11.4. The molecule has 0 bridgehead atoms. The zero-order valence-corrected chi connectivity index (χ0v) is 10.5. The minimum absolute atomic E-state index is 0.188. The molecule has 0 radical (unpaired) electrons. The predicted molar refractivity (Wildman–Crippen MR) is 67.2 cm³/mol. The van der Waals surface area contributed by atoms with Crippen molar-refractivity contribution in [2.75, 3.05) is 25.5 Å². The number of rotatable bonds is 6. The van der Waals surface area contributed by atoms with Crippen molar-refractivity contribution in [3.05, 3.63) is 24.0 Å². The molecule has 2 N–H and O–H groups in total. The first-order chi connectivity index (χ1) is 8.13. The molecule has 94 valence electrons. The van der Waals surface area contributed by atoms with E-state index in [1.165, 1.54) is 0 Å². The lowest BCUT2D eigenvalue weighted by Crippen LogP contribution is -2.19. The van der Waals surface area contributed by atoms with Crippen LogP contribution < -0.4 is 10.6 Å². The normalized spacial score (nSPS) is 10.4. The average Bonchev–Trinajstić information content (AvgIpc) is 2.34. The van der Waals surface area contributed by atoms with E-state index in [2.05, 4.69) is 15.6 Å². The van der Waals surface area contributed by atoms with Gasteiger partial charge >= 0.3 is 0 Å². The Balaban J connectivity index is 2.46. The molecule has 1 aromatic heterocycles. The van der Waals surface area contributed by atoms with Gasteiger partial charge in [-0.15, -0.1) is 0 Å². The summed E-state index contributed by atoms with van der Waals surface area (Å²) in [5.74, 6) is -0.188. The Morgan fingerprint density at radius 1 is 1.53 bits per heavy atom. The first kappa shape index (κ1) is 13.4. The molecule has 1 heterocycles. The summed E-state index contributed by atoms with van der Waals surface area (Å²) in [5, 5.41) is 5.71. The lowest BCUT2D eigenvalue weighted by molar-refractivity contribution is 0.0870. The van der Waals surface area contributed by atoms with Crippen molar-refractivity contribution in [3.63, 3.8) is 0 Å². The SMILES string of the molecule is CNC(=O)c1cc(NCCOC(C)C)ccn1. The fraction of sp³-hybridized carbons (Fsp3) is 0.500. The molecule has 17 heavy (non-hydrogen) atoms. The van der Waals surface area contributed by atoms with E-state index >= 15 is 0 Å². The molecule has 0 spiro atoms. The summed E-state index contributed by atoms with van der Waals surface area (Å²) in [6.07, 6.45) is 1.84. The summed E-state index contributed by atoms with van der Waals surface area (Å²) in [6.45, 7) is 5.33. The van der Waals surface area contributed by atoms with Gasteiger partial charge in [-0.1, -0.05) is 0 Å². The van der Waals surface area contributed by atoms with E-state index in [1.807, 2.05) is 19.9 Å². The second-order valence-corrected chi connectivity index (χ2v) is 3.86. The van der Waals surface area contributed by atoms with E-state index in [-0.39, 0.29) is 12.0 Å². The summed E-state index contributed by atoms with van der Waals surface area (Å²) in [4.78, 5) is 15.3. The van der Waals surface area contributed by atoms with Crippen LogP contribution in [-0.2, 0) is 4.74 Å². The smallest absolute Gasteiger partial charge is 0.269 e. The van der Waals surface area contributed by atoms with Crippen LogP contribution >= 0.6 is 0 Å². The highest BCUT2D eigenvalue weighted by atomic mass is 16.5. The molecule has 0 aliphatic heterocycles. The highest BCUT2D eigenvalue weighted by Gasteiger charge is 2.04. The van der Waals surface area contributed by atoms with Gasteiger partial charge in [0.05, 0.1) is 12.7 Å². The van der Waals surface area contributed by atoms with Gasteiger partial charge in [-0.25, -0.2) is 0 Å². The molecule has 0 aromatic carbocycles. The Morgan fingerprint density at radius 3 is 2.94 bits per heavy atom. The van der Waals surface area contributed by atoms with E-state index in [4.69, 9.17) is 4.74 Å².